The van der Waals surface area contributed by atoms with Crippen LogP contribution in [0.2, 0.25) is 0 Å². The average molecular weight is 368 g/mol. The lowest BCUT2D eigenvalue weighted by Gasteiger charge is -2.26. The van der Waals surface area contributed by atoms with Crippen LogP contribution in [0.3, 0.4) is 0 Å². The van der Waals surface area contributed by atoms with E-state index in [0.717, 1.165) is 10.8 Å². The Morgan fingerprint density at radius 3 is 2.29 bits per heavy atom. The van der Waals surface area contributed by atoms with Gasteiger partial charge in [0.1, 0.15) is 0 Å². The highest BCUT2D eigenvalue weighted by Crippen LogP contribution is 2.27. The molecule has 0 aliphatic carbocycles. The molecule has 3 nitrogen and oxygen atoms in total. The molecule has 1 amide bonds. The minimum atomic E-state index is -0.0437. The summed E-state index contributed by atoms with van der Waals surface area (Å²) in [5, 5.41) is 7.79. The zero-order valence-corrected chi connectivity index (χ0v) is 16.2. The predicted molar refractivity (Wildman–Crippen MR) is 117 cm³/mol. The molecule has 0 saturated carbocycles. The smallest absolute Gasteiger partial charge is 0.251 e. The van der Waals surface area contributed by atoms with Crippen LogP contribution in [0.15, 0.2) is 84.9 Å². The number of carbonyl (C=O) groups excluding carboxylic acids is 1. The molecule has 140 valence electrons. The molecule has 1 N–H and O–H groups in total. The van der Waals surface area contributed by atoms with Gasteiger partial charge in [-0.25, -0.2) is 0 Å². The van der Waals surface area contributed by atoms with Crippen molar-refractivity contribution in [1.82, 2.24) is 10.2 Å². The molecule has 0 fully saturated rings. The van der Waals surface area contributed by atoms with Crippen LogP contribution in [0.4, 0.5) is 0 Å². The SMILES string of the molecule is CN(C)[C@H](CNC(=O)c1ccc2ccccc2c1)c1cccc2ccccc12. The Hall–Kier alpha value is -3.17. The highest BCUT2D eigenvalue weighted by Gasteiger charge is 2.18. The third-order valence-electron chi connectivity index (χ3n) is 5.27. The van der Waals surface area contributed by atoms with E-state index in [2.05, 4.69) is 72.8 Å². The maximum atomic E-state index is 12.8. The number of hydrogen-bond acceptors (Lipinski definition) is 2. The summed E-state index contributed by atoms with van der Waals surface area (Å²) >= 11 is 0. The normalized spacial score (nSPS) is 12.4. The van der Waals surface area contributed by atoms with E-state index in [4.69, 9.17) is 0 Å². The molecule has 0 spiro atoms. The van der Waals surface area contributed by atoms with E-state index >= 15 is 0 Å². The number of nitrogens with one attached hydrogen (secondary N) is 1. The highest BCUT2D eigenvalue weighted by molar-refractivity contribution is 5.98. The van der Waals surface area contributed by atoms with Gasteiger partial charge in [-0.3, -0.25) is 4.79 Å². The summed E-state index contributed by atoms with van der Waals surface area (Å²) in [5.41, 5.74) is 1.91. The maximum Gasteiger partial charge on any atom is 0.251 e. The molecule has 0 radical (unpaired) electrons. The molecule has 0 aromatic heterocycles. The van der Waals surface area contributed by atoms with Crippen LogP contribution in [0.1, 0.15) is 22.0 Å². The van der Waals surface area contributed by atoms with Crippen molar-refractivity contribution < 1.29 is 4.79 Å². The molecule has 0 saturated heterocycles. The summed E-state index contributed by atoms with van der Waals surface area (Å²) in [6.45, 7) is 0.548. The fourth-order valence-corrected chi connectivity index (χ4v) is 3.73. The summed E-state index contributed by atoms with van der Waals surface area (Å²) in [6, 6.07) is 28.8. The van der Waals surface area contributed by atoms with Crippen molar-refractivity contribution >= 4 is 27.5 Å². The number of carbonyl (C=O) groups is 1. The van der Waals surface area contributed by atoms with Crippen molar-refractivity contribution in [1.29, 1.82) is 0 Å². The van der Waals surface area contributed by atoms with Gasteiger partial charge in [-0.05, 0) is 53.3 Å². The fourth-order valence-electron chi connectivity index (χ4n) is 3.73. The second-order valence-corrected chi connectivity index (χ2v) is 7.32. The molecule has 4 aromatic carbocycles. The van der Waals surface area contributed by atoms with Crippen LogP contribution in [0.5, 0.6) is 0 Å². The average Bonchev–Trinajstić information content (AvgIpc) is 2.73. The molecule has 0 bridgehead atoms. The third kappa shape index (κ3) is 3.62. The number of rotatable bonds is 5. The van der Waals surface area contributed by atoms with Gasteiger partial charge in [0.2, 0.25) is 0 Å². The molecule has 0 aliphatic rings. The zero-order valence-electron chi connectivity index (χ0n) is 16.2. The van der Waals surface area contributed by atoms with Gasteiger partial charge in [-0.1, -0.05) is 72.8 Å². The second-order valence-electron chi connectivity index (χ2n) is 7.32. The number of likely N-dealkylation sites (N-methyl/N-ethyl adjacent to an activating group) is 1. The Morgan fingerprint density at radius 2 is 1.50 bits per heavy atom. The first-order valence-corrected chi connectivity index (χ1v) is 9.54. The van der Waals surface area contributed by atoms with E-state index in [0.29, 0.717) is 12.1 Å². The van der Waals surface area contributed by atoms with Gasteiger partial charge < -0.3 is 10.2 Å². The van der Waals surface area contributed by atoms with Gasteiger partial charge >= 0.3 is 0 Å². The van der Waals surface area contributed by atoms with Crippen LogP contribution in [0.25, 0.3) is 21.5 Å². The number of benzene rings is 4. The van der Waals surface area contributed by atoms with Crippen LogP contribution in [-0.4, -0.2) is 31.4 Å². The van der Waals surface area contributed by atoms with E-state index < -0.39 is 0 Å². The van der Waals surface area contributed by atoms with Gasteiger partial charge in [0.05, 0.1) is 6.04 Å². The molecule has 1 atom stereocenters. The molecule has 0 heterocycles. The predicted octanol–water partition coefficient (Wildman–Crippen LogP) is 5.03. The Balaban J connectivity index is 1.57. The first-order chi connectivity index (χ1) is 13.6. The summed E-state index contributed by atoms with van der Waals surface area (Å²) < 4.78 is 0. The lowest BCUT2D eigenvalue weighted by molar-refractivity contribution is 0.0942. The molecule has 0 aliphatic heterocycles. The highest BCUT2D eigenvalue weighted by atomic mass is 16.1. The number of amides is 1. The number of fused-ring (bicyclic) bond motifs is 2. The Kier molecular flexibility index (Phi) is 5.09. The molecule has 28 heavy (non-hydrogen) atoms. The van der Waals surface area contributed by atoms with E-state index in [-0.39, 0.29) is 11.9 Å². The van der Waals surface area contributed by atoms with Crippen molar-refractivity contribution in [3.63, 3.8) is 0 Å². The Labute approximate surface area is 165 Å². The van der Waals surface area contributed by atoms with Crippen molar-refractivity contribution in [2.75, 3.05) is 20.6 Å². The topological polar surface area (TPSA) is 32.3 Å². The first-order valence-electron chi connectivity index (χ1n) is 9.54. The number of nitrogens with zero attached hydrogens (tertiary/aromatic N) is 1. The number of hydrogen-bond donors (Lipinski definition) is 1. The van der Waals surface area contributed by atoms with Crippen molar-refractivity contribution in [2.45, 2.75) is 6.04 Å². The molecule has 3 heteroatoms. The summed E-state index contributed by atoms with van der Waals surface area (Å²) in [5.74, 6) is -0.0437. The Bertz CT molecular complexity index is 1130. The van der Waals surface area contributed by atoms with Gasteiger partial charge in [0.15, 0.2) is 0 Å². The monoisotopic (exact) mass is 368 g/mol. The Morgan fingerprint density at radius 1 is 0.821 bits per heavy atom. The largest absolute Gasteiger partial charge is 0.350 e. The summed E-state index contributed by atoms with van der Waals surface area (Å²) in [4.78, 5) is 14.9. The minimum absolute atomic E-state index is 0.0437. The van der Waals surface area contributed by atoms with Gasteiger partial charge in [0, 0.05) is 12.1 Å². The van der Waals surface area contributed by atoms with Crippen LogP contribution >= 0.6 is 0 Å². The second kappa shape index (κ2) is 7.83. The maximum absolute atomic E-state index is 12.8. The fraction of sp³-hybridized carbons (Fsp3) is 0.160. The van der Waals surface area contributed by atoms with Crippen molar-refractivity contribution in [3.8, 4) is 0 Å². The minimum Gasteiger partial charge on any atom is -0.350 e. The summed E-state index contributed by atoms with van der Waals surface area (Å²) in [6.07, 6.45) is 0. The zero-order chi connectivity index (χ0) is 19.5. The first kappa shape index (κ1) is 18.2. The van der Waals surface area contributed by atoms with Crippen LogP contribution in [0, 0.1) is 0 Å². The molecule has 0 unspecified atom stereocenters. The standard InChI is InChI=1S/C25H24N2O/c1-27(2)24(23-13-7-11-19-9-5-6-12-22(19)23)17-26-25(28)21-15-14-18-8-3-4-10-20(18)16-21/h3-16,24H,17H2,1-2H3,(H,26,28)/t24-/m1/s1. The summed E-state index contributed by atoms with van der Waals surface area (Å²) in [7, 11) is 4.10. The third-order valence-corrected chi connectivity index (χ3v) is 5.27. The molecular weight excluding hydrogens is 344 g/mol. The van der Waals surface area contributed by atoms with Crippen molar-refractivity contribution in [2.24, 2.45) is 0 Å². The lowest BCUT2D eigenvalue weighted by atomic mass is 9.98. The van der Waals surface area contributed by atoms with E-state index in [9.17, 15) is 4.79 Å². The molecule has 4 rings (SSSR count). The van der Waals surface area contributed by atoms with Gasteiger partial charge in [0.25, 0.3) is 5.91 Å². The lowest BCUT2D eigenvalue weighted by Crippen LogP contribution is -2.34. The van der Waals surface area contributed by atoms with Crippen LogP contribution < -0.4 is 5.32 Å². The van der Waals surface area contributed by atoms with Crippen molar-refractivity contribution in [3.05, 3.63) is 96.1 Å². The van der Waals surface area contributed by atoms with E-state index in [1.54, 1.807) is 0 Å². The van der Waals surface area contributed by atoms with E-state index in [1.165, 1.54) is 16.3 Å². The molecular formula is C25H24N2O. The van der Waals surface area contributed by atoms with Gasteiger partial charge in [-0.2, -0.15) is 0 Å². The van der Waals surface area contributed by atoms with Crippen LogP contribution in [-0.2, 0) is 0 Å². The van der Waals surface area contributed by atoms with Gasteiger partial charge in [-0.15, -0.1) is 0 Å². The molecule has 4 aromatic rings. The van der Waals surface area contributed by atoms with E-state index in [1.807, 2.05) is 36.4 Å². The quantitative estimate of drug-likeness (QED) is 0.536.